The Bertz CT molecular complexity index is 1420. The minimum Gasteiger partial charge on any atom is -0.460 e. The number of non-ortho nitro benzene ring substituents is 1. The number of nitrogen functional groups attached to an aromatic ring is 1. The van der Waals surface area contributed by atoms with E-state index in [0.717, 1.165) is 28.3 Å². The highest BCUT2D eigenvalue weighted by molar-refractivity contribution is 6.00. The normalized spacial score (nSPS) is 13.0. The molecule has 11 nitrogen and oxygen atoms in total. The molecular weight excluding hydrogens is 516 g/mol. The second-order valence-electron chi connectivity index (χ2n) is 10.3. The molecule has 1 aliphatic carbocycles. The fourth-order valence-corrected chi connectivity index (χ4v) is 4.53. The van der Waals surface area contributed by atoms with Crippen molar-refractivity contribution in [2.75, 3.05) is 17.7 Å². The zero-order chi connectivity index (χ0) is 29.0. The lowest BCUT2D eigenvalue weighted by molar-refractivity contribution is -0.384. The van der Waals surface area contributed by atoms with Gasteiger partial charge in [-0.1, -0.05) is 48.5 Å². The molecule has 1 atom stereocenters. The Morgan fingerprint density at radius 1 is 1.00 bits per heavy atom. The summed E-state index contributed by atoms with van der Waals surface area (Å²) in [5, 5.41) is 16.0. The number of nitrogens with two attached hydrogens (primary N) is 1. The van der Waals surface area contributed by atoms with Crippen LogP contribution in [0.5, 0.6) is 0 Å². The summed E-state index contributed by atoms with van der Waals surface area (Å²) in [5.74, 6) is -1.77. The van der Waals surface area contributed by atoms with Crippen molar-refractivity contribution in [3.8, 4) is 11.1 Å². The van der Waals surface area contributed by atoms with E-state index in [4.69, 9.17) is 15.2 Å². The zero-order valence-electron chi connectivity index (χ0n) is 22.3. The molecule has 0 saturated heterocycles. The third-order valence-corrected chi connectivity index (χ3v) is 6.25. The Labute approximate surface area is 230 Å². The van der Waals surface area contributed by atoms with Crippen LogP contribution in [0.3, 0.4) is 0 Å². The number of benzene rings is 3. The van der Waals surface area contributed by atoms with E-state index in [1.54, 1.807) is 20.8 Å². The van der Waals surface area contributed by atoms with E-state index in [2.05, 4.69) is 10.6 Å². The Hall–Kier alpha value is -4.93. The van der Waals surface area contributed by atoms with Gasteiger partial charge in [-0.3, -0.25) is 19.7 Å². The molecule has 0 heterocycles. The van der Waals surface area contributed by atoms with Gasteiger partial charge in [-0.25, -0.2) is 4.79 Å². The number of amides is 2. The standard InChI is InChI=1S/C29H30N4O7/c1-29(2,3)40-26(34)15-25(27(35)31-24-14-17(33(37)38)12-13-23(24)30)32-28(36)39-16-22-20-10-6-4-8-18(20)19-9-5-7-11-21(19)22/h4-14,22,25H,15-16,30H2,1-3H3,(H,31,35)(H,32,36)/t25-/m0/s1. The smallest absolute Gasteiger partial charge is 0.407 e. The molecule has 4 rings (SSSR count). The van der Waals surface area contributed by atoms with E-state index in [9.17, 15) is 24.5 Å². The highest BCUT2D eigenvalue weighted by Crippen LogP contribution is 2.44. The maximum Gasteiger partial charge on any atom is 0.407 e. The van der Waals surface area contributed by atoms with Gasteiger partial charge in [0.15, 0.2) is 0 Å². The number of carbonyl (C=O) groups excluding carboxylic acids is 3. The van der Waals surface area contributed by atoms with Gasteiger partial charge < -0.3 is 25.8 Å². The molecule has 3 aromatic carbocycles. The topological polar surface area (TPSA) is 163 Å². The van der Waals surface area contributed by atoms with Gasteiger partial charge in [-0.15, -0.1) is 0 Å². The van der Waals surface area contributed by atoms with Crippen LogP contribution in [0.2, 0.25) is 0 Å². The average molecular weight is 547 g/mol. The minimum absolute atomic E-state index is 0.00152. The maximum atomic E-state index is 13.2. The van der Waals surface area contributed by atoms with Crippen LogP contribution in [-0.4, -0.2) is 41.1 Å². The molecule has 2 amide bonds. The fourth-order valence-electron chi connectivity index (χ4n) is 4.53. The molecule has 4 N–H and O–H groups in total. The summed E-state index contributed by atoms with van der Waals surface area (Å²) in [4.78, 5) is 49.1. The number of nitrogens with one attached hydrogen (secondary N) is 2. The average Bonchev–Trinajstić information content (AvgIpc) is 3.20. The number of nitro groups is 1. The molecule has 0 spiro atoms. The van der Waals surface area contributed by atoms with Crippen LogP contribution in [0.4, 0.5) is 21.9 Å². The fraction of sp³-hybridized carbons (Fsp3) is 0.276. The van der Waals surface area contributed by atoms with Gasteiger partial charge in [0, 0.05) is 18.1 Å². The van der Waals surface area contributed by atoms with Gasteiger partial charge in [0.25, 0.3) is 5.69 Å². The molecule has 208 valence electrons. The van der Waals surface area contributed by atoms with Gasteiger partial charge in [0.1, 0.15) is 18.2 Å². The first-order valence-electron chi connectivity index (χ1n) is 12.6. The van der Waals surface area contributed by atoms with Gasteiger partial charge in [-0.2, -0.15) is 0 Å². The van der Waals surface area contributed by atoms with Crippen LogP contribution >= 0.6 is 0 Å². The summed E-state index contributed by atoms with van der Waals surface area (Å²) in [6.45, 7) is 5.01. The summed E-state index contributed by atoms with van der Waals surface area (Å²) < 4.78 is 10.8. The summed E-state index contributed by atoms with van der Waals surface area (Å²) in [5.41, 5.74) is 8.93. The number of esters is 1. The SMILES string of the molecule is CC(C)(C)OC(=O)C[C@H](NC(=O)OCC1c2ccccc2-c2ccccc21)C(=O)Nc1cc([N+](=O)[O-])ccc1N. The van der Waals surface area contributed by atoms with Crippen LogP contribution in [0, 0.1) is 10.1 Å². The summed E-state index contributed by atoms with van der Waals surface area (Å²) >= 11 is 0. The van der Waals surface area contributed by atoms with Gasteiger partial charge in [0.2, 0.25) is 5.91 Å². The van der Waals surface area contributed by atoms with Crippen LogP contribution < -0.4 is 16.4 Å². The van der Waals surface area contributed by atoms with E-state index >= 15 is 0 Å². The summed E-state index contributed by atoms with van der Waals surface area (Å²) in [7, 11) is 0. The molecule has 1 aliphatic rings. The van der Waals surface area contributed by atoms with Crippen molar-refractivity contribution in [3.05, 3.63) is 88.0 Å². The van der Waals surface area contributed by atoms with Crippen molar-refractivity contribution in [1.82, 2.24) is 5.32 Å². The largest absolute Gasteiger partial charge is 0.460 e. The van der Waals surface area contributed by atoms with Crippen molar-refractivity contribution < 1.29 is 28.8 Å². The number of hydrogen-bond donors (Lipinski definition) is 3. The minimum atomic E-state index is -1.41. The third kappa shape index (κ3) is 6.55. The third-order valence-electron chi connectivity index (χ3n) is 6.25. The highest BCUT2D eigenvalue weighted by Gasteiger charge is 2.31. The second kappa shape index (κ2) is 11.4. The molecule has 0 radical (unpaired) electrons. The number of nitro benzene ring substituents is 1. The summed E-state index contributed by atoms with van der Waals surface area (Å²) in [6, 6.07) is 17.8. The van der Waals surface area contributed by atoms with Crippen molar-refractivity contribution in [2.24, 2.45) is 0 Å². The molecule has 0 aromatic heterocycles. The number of fused-ring (bicyclic) bond motifs is 3. The predicted octanol–water partition coefficient (Wildman–Crippen LogP) is 4.75. The van der Waals surface area contributed by atoms with E-state index < -0.39 is 41.0 Å². The number of rotatable bonds is 8. The summed E-state index contributed by atoms with van der Waals surface area (Å²) in [6.07, 6.45) is -1.43. The zero-order valence-corrected chi connectivity index (χ0v) is 22.3. The molecule has 0 saturated carbocycles. The quantitative estimate of drug-likeness (QED) is 0.158. The highest BCUT2D eigenvalue weighted by atomic mass is 16.6. The molecule has 0 unspecified atom stereocenters. The van der Waals surface area contributed by atoms with Gasteiger partial charge in [0.05, 0.1) is 22.7 Å². The van der Waals surface area contributed by atoms with Crippen molar-refractivity contribution in [2.45, 2.75) is 44.8 Å². The Balaban J connectivity index is 1.49. The first-order chi connectivity index (χ1) is 18.9. The molecule has 0 bridgehead atoms. The van der Waals surface area contributed by atoms with E-state index in [1.165, 1.54) is 12.1 Å². The predicted molar refractivity (Wildman–Crippen MR) is 149 cm³/mol. The second-order valence-corrected chi connectivity index (χ2v) is 10.3. The molecule has 0 aliphatic heterocycles. The first-order valence-corrected chi connectivity index (χ1v) is 12.6. The molecular formula is C29H30N4O7. The maximum absolute atomic E-state index is 13.2. The van der Waals surface area contributed by atoms with Crippen LogP contribution in [0.1, 0.15) is 44.2 Å². The number of ether oxygens (including phenoxy) is 2. The van der Waals surface area contributed by atoms with E-state index in [-0.39, 0.29) is 29.6 Å². The lowest BCUT2D eigenvalue weighted by Gasteiger charge is -2.23. The molecule has 11 heteroatoms. The number of hydrogen-bond acceptors (Lipinski definition) is 8. The molecule has 0 fully saturated rings. The number of anilines is 2. The van der Waals surface area contributed by atoms with Crippen molar-refractivity contribution in [3.63, 3.8) is 0 Å². The van der Waals surface area contributed by atoms with Crippen LogP contribution in [0.25, 0.3) is 11.1 Å². The lowest BCUT2D eigenvalue weighted by atomic mass is 9.98. The van der Waals surface area contributed by atoms with Gasteiger partial charge >= 0.3 is 12.1 Å². The first kappa shape index (κ1) is 28.1. The monoisotopic (exact) mass is 546 g/mol. The van der Waals surface area contributed by atoms with Crippen LogP contribution in [0.15, 0.2) is 66.7 Å². The van der Waals surface area contributed by atoms with Gasteiger partial charge in [-0.05, 0) is 49.1 Å². The number of carbonyl (C=O) groups is 3. The van der Waals surface area contributed by atoms with E-state index in [0.29, 0.717) is 0 Å². The van der Waals surface area contributed by atoms with Crippen molar-refractivity contribution in [1.29, 1.82) is 0 Å². The lowest BCUT2D eigenvalue weighted by Crippen LogP contribution is -2.46. The Kier molecular flexibility index (Phi) is 8.03. The van der Waals surface area contributed by atoms with Crippen LogP contribution in [-0.2, 0) is 19.1 Å². The Morgan fingerprint density at radius 2 is 1.60 bits per heavy atom. The Morgan fingerprint density at radius 3 is 2.17 bits per heavy atom. The van der Waals surface area contributed by atoms with Crippen molar-refractivity contribution >= 4 is 35.0 Å². The number of alkyl carbamates (subject to hydrolysis) is 1. The molecule has 40 heavy (non-hydrogen) atoms. The molecule has 3 aromatic rings. The number of nitrogens with zero attached hydrogens (tertiary/aromatic N) is 1. The van der Waals surface area contributed by atoms with E-state index in [1.807, 2.05) is 48.5 Å².